The summed E-state index contributed by atoms with van der Waals surface area (Å²) in [5.74, 6) is 1.43. The van der Waals surface area contributed by atoms with Gasteiger partial charge in [0.2, 0.25) is 0 Å². The number of methoxy groups -OCH3 is 1. The SMILES string of the molecule is COc1ccc(N(C)CCC(N)C(C)C)cc1. The first-order valence-corrected chi connectivity index (χ1v) is 6.15. The van der Waals surface area contributed by atoms with Crippen LogP contribution in [-0.2, 0) is 0 Å². The van der Waals surface area contributed by atoms with Crippen LogP contribution < -0.4 is 15.4 Å². The smallest absolute Gasteiger partial charge is 0.119 e. The number of hydrogen-bond donors (Lipinski definition) is 1. The molecule has 0 saturated carbocycles. The Morgan fingerprint density at radius 3 is 2.29 bits per heavy atom. The van der Waals surface area contributed by atoms with Gasteiger partial charge in [-0.25, -0.2) is 0 Å². The molecule has 17 heavy (non-hydrogen) atoms. The normalized spacial score (nSPS) is 12.6. The minimum absolute atomic E-state index is 0.274. The third kappa shape index (κ3) is 4.27. The highest BCUT2D eigenvalue weighted by molar-refractivity contribution is 5.48. The van der Waals surface area contributed by atoms with Crippen molar-refractivity contribution < 1.29 is 4.74 Å². The van der Waals surface area contributed by atoms with Gasteiger partial charge in [-0.15, -0.1) is 0 Å². The minimum atomic E-state index is 0.274. The summed E-state index contributed by atoms with van der Waals surface area (Å²) < 4.78 is 5.14. The number of rotatable bonds is 6. The molecule has 1 aromatic rings. The van der Waals surface area contributed by atoms with Gasteiger partial charge in [0.1, 0.15) is 5.75 Å². The highest BCUT2D eigenvalue weighted by Crippen LogP contribution is 2.18. The van der Waals surface area contributed by atoms with Crippen LogP contribution in [0.2, 0.25) is 0 Å². The number of nitrogens with zero attached hydrogens (tertiary/aromatic N) is 1. The van der Waals surface area contributed by atoms with Gasteiger partial charge in [0.05, 0.1) is 7.11 Å². The van der Waals surface area contributed by atoms with Gasteiger partial charge in [0, 0.05) is 25.3 Å². The summed E-state index contributed by atoms with van der Waals surface area (Å²) in [5, 5.41) is 0. The zero-order chi connectivity index (χ0) is 12.8. The van der Waals surface area contributed by atoms with Crippen molar-refractivity contribution in [1.82, 2.24) is 0 Å². The van der Waals surface area contributed by atoms with Gasteiger partial charge in [0.25, 0.3) is 0 Å². The molecule has 0 bridgehead atoms. The average molecular weight is 236 g/mol. The van der Waals surface area contributed by atoms with Crippen LogP contribution >= 0.6 is 0 Å². The lowest BCUT2D eigenvalue weighted by Crippen LogP contribution is -2.31. The van der Waals surface area contributed by atoms with Crippen LogP contribution in [0.4, 0.5) is 5.69 Å². The Balaban J connectivity index is 2.48. The Labute approximate surface area is 105 Å². The molecule has 0 aromatic heterocycles. The molecule has 0 spiro atoms. The number of ether oxygens (including phenoxy) is 1. The zero-order valence-electron chi connectivity index (χ0n) is 11.3. The fourth-order valence-electron chi connectivity index (χ4n) is 1.64. The molecule has 0 amide bonds. The second-order valence-corrected chi connectivity index (χ2v) is 4.82. The molecule has 96 valence electrons. The van der Waals surface area contributed by atoms with Crippen molar-refractivity contribution in [2.45, 2.75) is 26.3 Å². The van der Waals surface area contributed by atoms with Crippen LogP contribution in [0.15, 0.2) is 24.3 Å². The standard InChI is InChI=1S/C14H24N2O/c1-11(2)14(15)9-10-16(3)12-5-7-13(17-4)8-6-12/h5-8,11,14H,9-10,15H2,1-4H3. The summed E-state index contributed by atoms with van der Waals surface area (Å²) in [6.45, 7) is 5.31. The van der Waals surface area contributed by atoms with Crippen molar-refractivity contribution in [3.8, 4) is 5.75 Å². The Bertz CT molecular complexity index is 321. The van der Waals surface area contributed by atoms with E-state index >= 15 is 0 Å². The fourth-order valence-corrected chi connectivity index (χ4v) is 1.64. The molecule has 0 aliphatic carbocycles. The van der Waals surface area contributed by atoms with Gasteiger partial charge in [-0.05, 0) is 36.6 Å². The molecule has 0 aliphatic heterocycles. The molecule has 0 heterocycles. The summed E-state index contributed by atoms with van der Waals surface area (Å²) in [4.78, 5) is 2.22. The molecule has 2 N–H and O–H groups in total. The molecule has 3 heteroatoms. The van der Waals surface area contributed by atoms with Crippen molar-refractivity contribution >= 4 is 5.69 Å². The van der Waals surface area contributed by atoms with Gasteiger partial charge in [-0.3, -0.25) is 0 Å². The maximum Gasteiger partial charge on any atom is 0.119 e. The lowest BCUT2D eigenvalue weighted by atomic mass is 10.0. The molecule has 0 fully saturated rings. The predicted octanol–water partition coefficient (Wildman–Crippen LogP) is 2.50. The number of hydrogen-bond acceptors (Lipinski definition) is 3. The maximum absolute atomic E-state index is 6.04. The molecule has 0 aliphatic rings. The van der Waals surface area contributed by atoms with Crippen molar-refractivity contribution in [3.63, 3.8) is 0 Å². The van der Waals surface area contributed by atoms with E-state index in [9.17, 15) is 0 Å². The summed E-state index contributed by atoms with van der Waals surface area (Å²) in [7, 11) is 3.77. The van der Waals surface area contributed by atoms with E-state index < -0.39 is 0 Å². The van der Waals surface area contributed by atoms with Gasteiger partial charge in [0.15, 0.2) is 0 Å². The molecule has 1 unspecified atom stereocenters. The molecule has 1 aromatic carbocycles. The minimum Gasteiger partial charge on any atom is -0.497 e. The van der Waals surface area contributed by atoms with E-state index in [1.165, 1.54) is 5.69 Å². The van der Waals surface area contributed by atoms with Gasteiger partial charge >= 0.3 is 0 Å². The molecule has 1 atom stereocenters. The van der Waals surface area contributed by atoms with Crippen molar-refractivity contribution in [2.24, 2.45) is 11.7 Å². The van der Waals surface area contributed by atoms with Crippen molar-refractivity contribution in [2.75, 3.05) is 25.6 Å². The topological polar surface area (TPSA) is 38.5 Å². The molecule has 1 rings (SSSR count). The highest BCUT2D eigenvalue weighted by Gasteiger charge is 2.09. The highest BCUT2D eigenvalue weighted by atomic mass is 16.5. The average Bonchev–Trinajstić information content (AvgIpc) is 2.35. The summed E-state index contributed by atoms with van der Waals surface area (Å²) in [6, 6.07) is 8.37. The van der Waals surface area contributed by atoms with Gasteiger partial charge in [-0.2, -0.15) is 0 Å². The van der Waals surface area contributed by atoms with Crippen LogP contribution in [0.1, 0.15) is 20.3 Å². The quantitative estimate of drug-likeness (QED) is 0.824. The second kappa shape index (κ2) is 6.50. The molecule has 0 saturated heterocycles. The van der Waals surface area contributed by atoms with E-state index in [4.69, 9.17) is 10.5 Å². The molecule has 3 nitrogen and oxygen atoms in total. The largest absolute Gasteiger partial charge is 0.497 e. The van der Waals surface area contributed by atoms with Crippen LogP contribution in [-0.4, -0.2) is 26.7 Å². The van der Waals surface area contributed by atoms with Gasteiger partial charge < -0.3 is 15.4 Å². The first-order valence-electron chi connectivity index (χ1n) is 6.15. The second-order valence-electron chi connectivity index (χ2n) is 4.82. The number of benzene rings is 1. The van der Waals surface area contributed by atoms with E-state index in [-0.39, 0.29) is 6.04 Å². The lowest BCUT2D eigenvalue weighted by molar-refractivity contribution is 0.415. The van der Waals surface area contributed by atoms with Crippen molar-refractivity contribution in [1.29, 1.82) is 0 Å². The van der Waals surface area contributed by atoms with Crippen molar-refractivity contribution in [3.05, 3.63) is 24.3 Å². The zero-order valence-corrected chi connectivity index (χ0v) is 11.3. The fraction of sp³-hybridized carbons (Fsp3) is 0.571. The molecule has 0 radical (unpaired) electrons. The summed E-state index contributed by atoms with van der Waals surface area (Å²) in [6.07, 6.45) is 1.01. The summed E-state index contributed by atoms with van der Waals surface area (Å²) >= 11 is 0. The van der Waals surface area contributed by atoms with Crippen LogP contribution in [0.5, 0.6) is 5.75 Å². The first kappa shape index (κ1) is 13.8. The third-order valence-corrected chi connectivity index (χ3v) is 3.17. The number of nitrogens with two attached hydrogens (primary N) is 1. The molecular formula is C14H24N2O. The maximum atomic E-state index is 6.04. The monoisotopic (exact) mass is 236 g/mol. The van der Waals surface area contributed by atoms with E-state index in [0.29, 0.717) is 5.92 Å². The van der Waals surface area contributed by atoms with E-state index in [2.05, 4.69) is 37.9 Å². The molecular weight excluding hydrogens is 212 g/mol. The van der Waals surface area contributed by atoms with Gasteiger partial charge in [-0.1, -0.05) is 13.8 Å². The Morgan fingerprint density at radius 2 is 1.82 bits per heavy atom. The Morgan fingerprint density at radius 1 is 1.24 bits per heavy atom. The first-order chi connectivity index (χ1) is 8.04. The van der Waals surface area contributed by atoms with Crippen LogP contribution in [0.3, 0.4) is 0 Å². The van der Waals surface area contributed by atoms with Crippen LogP contribution in [0.25, 0.3) is 0 Å². The van der Waals surface area contributed by atoms with E-state index in [0.717, 1.165) is 18.7 Å². The van der Waals surface area contributed by atoms with Crippen LogP contribution in [0, 0.1) is 5.92 Å². The Kier molecular flexibility index (Phi) is 5.29. The lowest BCUT2D eigenvalue weighted by Gasteiger charge is -2.23. The predicted molar refractivity (Wildman–Crippen MR) is 73.7 cm³/mol. The number of anilines is 1. The third-order valence-electron chi connectivity index (χ3n) is 3.17. The van der Waals surface area contributed by atoms with E-state index in [1.807, 2.05) is 12.1 Å². The summed E-state index contributed by atoms with van der Waals surface area (Å²) in [5.41, 5.74) is 7.24. The van der Waals surface area contributed by atoms with E-state index in [1.54, 1.807) is 7.11 Å². The Hall–Kier alpha value is -1.22.